The van der Waals surface area contributed by atoms with Crippen LogP contribution in [-0.2, 0) is 18.4 Å². The van der Waals surface area contributed by atoms with Crippen LogP contribution in [0.15, 0.2) is 12.2 Å². The molecular weight excluding hydrogens is 659 g/mol. The lowest BCUT2D eigenvalue weighted by Crippen LogP contribution is -2.45. The van der Waals surface area contributed by atoms with E-state index in [1.54, 1.807) is 6.08 Å². The number of nitrogens with zero attached hydrogens (tertiary/aromatic N) is 1. The summed E-state index contributed by atoms with van der Waals surface area (Å²) in [6, 6.07) is -0.878. The predicted molar refractivity (Wildman–Crippen MR) is 215 cm³/mol. The SMILES string of the molecule is CCCCCCCCCCCCCCCCC/C=C/C(O)C(COP(=O)([O-])OCC[N+](C)(C)C)NC(=O)CCCCCCCCCCCCCC. The molecular formula is C42H85N2O6P. The van der Waals surface area contributed by atoms with Gasteiger partial charge < -0.3 is 28.8 Å². The number of carbonyl (C=O) groups is 1. The van der Waals surface area contributed by atoms with Gasteiger partial charge in [-0.1, -0.05) is 187 Å². The molecule has 0 fully saturated rings. The van der Waals surface area contributed by atoms with Gasteiger partial charge in [-0.15, -0.1) is 0 Å². The number of aliphatic hydroxyl groups is 1. The minimum Gasteiger partial charge on any atom is -0.756 e. The molecule has 0 aromatic heterocycles. The van der Waals surface area contributed by atoms with E-state index in [1.807, 2.05) is 27.2 Å². The highest BCUT2D eigenvalue weighted by Gasteiger charge is 2.23. The first-order valence-electron chi connectivity index (χ1n) is 21.6. The fourth-order valence-electron chi connectivity index (χ4n) is 6.27. The molecule has 3 atom stereocenters. The fourth-order valence-corrected chi connectivity index (χ4v) is 6.99. The highest BCUT2D eigenvalue weighted by molar-refractivity contribution is 7.45. The van der Waals surface area contributed by atoms with Crippen molar-refractivity contribution < 1.29 is 32.9 Å². The van der Waals surface area contributed by atoms with E-state index < -0.39 is 20.0 Å². The van der Waals surface area contributed by atoms with Gasteiger partial charge in [0, 0.05) is 6.42 Å². The zero-order valence-electron chi connectivity index (χ0n) is 34.3. The Kier molecular flexibility index (Phi) is 34.5. The molecule has 1 amide bonds. The number of nitrogens with one attached hydrogen (secondary N) is 1. The minimum absolute atomic E-state index is 0.00196. The second-order valence-electron chi connectivity index (χ2n) is 16.1. The van der Waals surface area contributed by atoms with E-state index in [0.29, 0.717) is 17.4 Å². The van der Waals surface area contributed by atoms with E-state index in [-0.39, 0.29) is 19.1 Å². The smallest absolute Gasteiger partial charge is 0.268 e. The quantitative estimate of drug-likeness (QED) is 0.0281. The average molecular weight is 745 g/mol. The minimum atomic E-state index is -4.58. The monoisotopic (exact) mass is 745 g/mol. The topological polar surface area (TPSA) is 108 Å². The maximum absolute atomic E-state index is 12.8. The van der Waals surface area contributed by atoms with Gasteiger partial charge in [-0.2, -0.15) is 0 Å². The molecule has 0 bridgehead atoms. The molecule has 304 valence electrons. The van der Waals surface area contributed by atoms with Crippen LogP contribution >= 0.6 is 7.82 Å². The largest absolute Gasteiger partial charge is 0.756 e. The van der Waals surface area contributed by atoms with Crippen molar-refractivity contribution in [3.63, 3.8) is 0 Å². The van der Waals surface area contributed by atoms with Crippen LogP contribution in [-0.4, -0.2) is 68.5 Å². The van der Waals surface area contributed by atoms with Crippen LogP contribution in [0.5, 0.6) is 0 Å². The fraction of sp³-hybridized carbons (Fsp3) is 0.929. The van der Waals surface area contributed by atoms with Crippen molar-refractivity contribution in [3.8, 4) is 0 Å². The van der Waals surface area contributed by atoms with Gasteiger partial charge in [0.15, 0.2) is 0 Å². The van der Waals surface area contributed by atoms with Crippen LogP contribution in [0, 0.1) is 0 Å². The number of quaternary nitrogens is 1. The summed E-state index contributed by atoms with van der Waals surface area (Å²) < 4.78 is 23.2. The summed E-state index contributed by atoms with van der Waals surface area (Å²) in [4.78, 5) is 25.2. The van der Waals surface area contributed by atoms with E-state index >= 15 is 0 Å². The molecule has 51 heavy (non-hydrogen) atoms. The van der Waals surface area contributed by atoms with E-state index in [9.17, 15) is 19.4 Å². The Labute approximate surface area is 316 Å². The molecule has 0 aliphatic heterocycles. The Balaban J connectivity index is 4.43. The van der Waals surface area contributed by atoms with Crippen LogP contribution in [0.3, 0.4) is 0 Å². The summed E-state index contributed by atoms with van der Waals surface area (Å²) in [7, 11) is 1.27. The molecule has 3 unspecified atom stereocenters. The van der Waals surface area contributed by atoms with Crippen molar-refractivity contribution in [2.24, 2.45) is 0 Å². The van der Waals surface area contributed by atoms with Gasteiger partial charge in [-0.3, -0.25) is 9.36 Å². The zero-order chi connectivity index (χ0) is 37.9. The molecule has 0 aromatic carbocycles. The molecule has 0 aliphatic rings. The van der Waals surface area contributed by atoms with Gasteiger partial charge in [-0.25, -0.2) is 0 Å². The number of likely N-dealkylation sites (N-methyl/N-ethyl adjacent to an activating group) is 1. The van der Waals surface area contributed by atoms with Gasteiger partial charge in [0.25, 0.3) is 7.82 Å². The first-order chi connectivity index (χ1) is 24.5. The summed E-state index contributed by atoms with van der Waals surface area (Å²) in [5.41, 5.74) is 0. The number of aliphatic hydroxyl groups excluding tert-OH is 1. The molecule has 0 aliphatic carbocycles. The summed E-state index contributed by atoms with van der Waals surface area (Å²) in [6.07, 6.45) is 38.2. The van der Waals surface area contributed by atoms with Crippen molar-refractivity contribution in [1.82, 2.24) is 5.32 Å². The van der Waals surface area contributed by atoms with Crippen molar-refractivity contribution in [3.05, 3.63) is 12.2 Å². The number of phosphoric ester groups is 1. The van der Waals surface area contributed by atoms with Crippen LogP contribution < -0.4 is 10.2 Å². The Hall–Kier alpha value is -0.760. The standard InChI is InChI=1S/C42H85N2O6P/c1-6-8-10-12-14-16-18-20-21-22-23-24-25-27-29-31-33-35-41(45)40(39-50-51(47,48)49-38-37-44(3,4)5)43-42(46)36-34-32-30-28-26-19-17-15-13-11-9-7-2/h33,35,40-41,45H,6-32,34,36-39H2,1-5H3,(H-,43,46,47,48)/b35-33+. The molecule has 0 spiro atoms. The first kappa shape index (κ1) is 50.2. The number of allylic oxidation sites excluding steroid dienone is 1. The molecule has 2 N–H and O–H groups in total. The van der Waals surface area contributed by atoms with E-state index in [0.717, 1.165) is 38.5 Å². The molecule has 0 saturated carbocycles. The number of amides is 1. The highest BCUT2D eigenvalue weighted by Crippen LogP contribution is 2.38. The van der Waals surface area contributed by atoms with Crippen LogP contribution in [0.1, 0.15) is 200 Å². The summed E-state index contributed by atoms with van der Waals surface area (Å²) in [6.45, 7) is 4.65. The first-order valence-corrected chi connectivity index (χ1v) is 23.0. The molecule has 0 saturated heterocycles. The maximum atomic E-state index is 12.8. The van der Waals surface area contributed by atoms with Gasteiger partial charge in [0.2, 0.25) is 5.91 Å². The number of rotatable bonds is 39. The summed E-state index contributed by atoms with van der Waals surface area (Å²) in [5, 5.41) is 13.8. The van der Waals surface area contributed by atoms with Gasteiger partial charge in [0.1, 0.15) is 13.2 Å². The van der Waals surface area contributed by atoms with Crippen LogP contribution in [0.25, 0.3) is 0 Å². The lowest BCUT2D eigenvalue weighted by Gasteiger charge is -2.29. The lowest BCUT2D eigenvalue weighted by atomic mass is 10.0. The van der Waals surface area contributed by atoms with Gasteiger partial charge in [0.05, 0.1) is 39.9 Å². The Bertz CT molecular complexity index is 850. The third-order valence-corrected chi connectivity index (χ3v) is 10.7. The van der Waals surface area contributed by atoms with E-state index in [1.165, 1.54) is 141 Å². The highest BCUT2D eigenvalue weighted by atomic mass is 31.2. The Morgan fingerprint density at radius 2 is 1.06 bits per heavy atom. The number of unbranched alkanes of at least 4 members (excludes halogenated alkanes) is 26. The molecule has 0 rings (SSSR count). The van der Waals surface area contributed by atoms with Gasteiger partial charge in [-0.05, 0) is 19.3 Å². The maximum Gasteiger partial charge on any atom is 0.268 e. The van der Waals surface area contributed by atoms with E-state index in [2.05, 4.69) is 19.2 Å². The van der Waals surface area contributed by atoms with Crippen molar-refractivity contribution in [2.75, 3.05) is 40.9 Å². The second-order valence-corrected chi connectivity index (χ2v) is 17.5. The molecule has 0 aromatic rings. The predicted octanol–water partition coefficient (Wildman–Crippen LogP) is 10.9. The number of hydrogen-bond donors (Lipinski definition) is 2. The third kappa shape index (κ3) is 37.4. The molecule has 0 radical (unpaired) electrons. The second kappa shape index (κ2) is 35.0. The van der Waals surface area contributed by atoms with Gasteiger partial charge >= 0.3 is 0 Å². The Morgan fingerprint density at radius 3 is 1.47 bits per heavy atom. The van der Waals surface area contributed by atoms with Crippen LogP contribution in [0.4, 0.5) is 0 Å². The van der Waals surface area contributed by atoms with E-state index in [4.69, 9.17) is 9.05 Å². The molecule has 9 heteroatoms. The average Bonchev–Trinajstić information content (AvgIpc) is 3.07. The van der Waals surface area contributed by atoms with Crippen molar-refractivity contribution in [2.45, 2.75) is 212 Å². The molecule has 0 heterocycles. The van der Waals surface area contributed by atoms with Crippen molar-refractivity contribution in [1.29, 1.82) is 0 Å². The Morgan fingerprint density at radius 1 is 0.667 bits per heavy atom. The van der Waals surface area contributed by atoms with Crippen LogP contribution in [0.2, 0.25) is 0 Å². The number of hydrogen-bond acceptors (Lipinski definition) is 6. The summed E-state index contributed by atoms with van der Waals surface area (Å²) in [5.74, 6) is -0.197. The zero-order valence-corrected chi connectivity index (χ0v) is 35.2. The number of phosphoric acid groups is 1. The van der Waals surface area contributed by atoms with Crippen molar-refractivity contribution >= 4 is 13.7 Å². The summed E-state index contributed by atoms with van der Waals surface area (Å²) >= 11 is 0. The number of carbonyl (C=O) groups excluding carboxylic acids is 1. The lowest BCUT2D eigenvalue weighted by molar-refractivity contribution is -0.870. The third-order valence-electron chi connectivity index (χ3n) is 9.75. The molecule has 8 nitrogen and oxygen atoms in total. The normalized spacial score (nSPS) is 14.6.